The van der Waals surface area contributed by atoms with Crippen molar-refractivity contribution in [2.75, 3.05) is 14.2 Å². The monoisotopic (exact) mass is 445 g/mol. The number of hydrogen-bond acceptors (Lipinski definition) is 5. The van der Waals surface area contributed by atoms with Crippen LogP contribution in [0.4, 0.5) is 5.69 Å². The lowest BCUT2D eigenvalue weighted by Crippen LogP contribution is -2.18. The Labute approximate surface area is 192 Å². The summed E-state index contributed by atoms with van der Waals surface area (Å²) >= 11 is 1.62. The molecule has 0 aliphatic rings. The van der Waals surface area contributed by atoms with Gasteiger partial charge >= 0.3 is 0 Å². The molecule has 5 nitrogen and oxygen atoms in total. The molecule has 0 bridgehead atoms. The first-order chi connectivity index (χ1) is 15.6. The smallest absolute Gasteiger partial charge is 0.190 e. The van der Waals surface area contributed by atoms with Crippen LogP contribution in [-0.2, 0) is 13.0 Å². The zero-order chi connectivity index (χ0) is 22.5. The fourth-order valence-corrected chi connectivity index (χ4v) is 4.71. The fourth-order valence-electron chi connectivity index (χ4n) is 3.76. The highest BCUT2D eigenvalue weighted by molar-refractivity contribution is 7.07. The largest absolute Gasteiger partial charge is 0.497 e. The van der Waals surface area contributed by atoms with E-state index in [4.69, 9.17) is 14.5 Å². The third kappa shape index (κ3) is 4.92. The normalized spacial score (nSPS) is 11.6. The number of rotatable bonds is 7. The van der Waals surface area contributed by atoms with Gasteiger partial charge < -0.3 is 14.0 Å². The quantitative estimate of drug-likeness (QED) is 0.365. The molecule has 0 spiro atoms. The number of ether oxygens (including phenoxy) is 2. The molecule has 0 N–H and O–H groups in total. The van der Waals surface area contributed by atoms with Crippen LogP contribution in [0.1, 0.15) is 16.8 Å². The number of hydrogen-bond donors (Lipinski definition) is 0. The van der Waals surface area contributed by atoms with Crippen molar-refractivity contribution in [3.05, 3.63) is 87.8 Å². The molecule has 2 aromatic carbocycles. The number of thiazole rings is 1. The van der Waals surface area contributed by atoms with Gasteiger partial charge in [0, 0.05) is 35.8 Å². The Morgan fingerprint density at radius 2 is 1.78 bits per heavy atom. The Hall–Kier alpha value is -3.38. The second-order valence-electron chi connectivity index (χ2n) is 7.65. The Balaban J connectivity index is 1.84. The van der Waals surface area contributed by atoms with Crippen LogP contribution < -0.4 is 14.3 Å². The van der Waals surface area contributed by atoms with Gasteiger partial charge in [-0.1, -0.05) is 12.1 Å². The molecule has 2 heterocycles. The third-order valence-electron chi connectivity index (χ3n) is 5.23. The summed E-state index contributed by atoms with van der Waals surface area (Å²) in [7, 11) is 3.37. The molecule has 32 heavy (non-hydrogen) atoms. The molecule has 0 aliphatic carbocycles. The molecule has 0 radical (unpaired) electrons. The van der Waals surface area contributed by atoms with E-state index in [1.807, 2.05) is 36.5 Å². The standard InChI is InChI=1S/C26H27N3O2S/c1-18-13-19(2)15-21(14-18)28-26-29(12-10-20-7-5-6-11-27-20)24(17-32-26)23-16-22(30-3)8-9-25(23)31-4/h5-9,11,13-17H,10,12H2,1-4H3. The second-order valence-corrected chi connectivity index (χ2v) is 8.49. The lowest BCUT2D eigenvalue weighted by Gasteiger charge is -2.13. The van der Waals surface area contributed by atoms with Gasteiger partial charge in [-0.2, -0.15) is 0 Å². The number of pyridine rings is 1. The average Bonchev–Trinajstić information content (AvgIpc) is 3.19. The maximum Gasteiger partial charge on any atom is 0.190 e. The number of aromatic nitrogens is 2. The Morgan fingerprint density at radius 1 is 0.969 bits per heavy atom. The summed E-state index contributed by atoms with van der Waals surface area (Å²) in [5.74, 6) is 1.59. The molecular weight excluding hydrogens is 418 g/mol. The molecule has 4 aromatic rings. The minimum atomic E-state index is 0.750. The van der Waals surface area contributed by atoms with E-state index in [2.05, 4.69) is 53.0 Å². The van der Waals surface area contributed by atoms with Crippen molar-refractivity contribution in [3.8, 4) is 22.8 Å². The highest BCUT2D eigenvalue weighted by Gasteiger charge is 2.14. The van der Waals surface area contributed by atoms with Gasteiger partial charge in [-0.3, -0.25) is 4.98 Å². The van der Waals surface area contributed by atoms with Gasteiger partial charge in [0.15, 0.2) is 4.80 Å². The van der Waals surface area contributed by atoms with E-state index in [0.29, 0.717) is 0 Å². The zero-order valence-corrected chi connectivity index (χ0v) is 19.6. The van der Waals surface area contributed by atoms with Crippen molar-refractivity contribution < 1.29 is 9.47 Å². The van der Waals surface area contributed by atoms with Gasteiger partial charge in [0.25, 0.3) is 0 Å². The molecule has 2 aromatic heterocycles. The van der Waals surface area contributed by atoms with Crippen LogP contribution in [0.25, 0.3) is 11.3 Å². The summed E-state index contributed by atoms with van der Waals surface area (Å²) in [6, 6.07) is 18.3. The van der Waals surface area contributed by atoms with Crippen LogP contribution >= 0.6 is 11.3 Å². The van der Waals surface area contributed by atoms with Crippen LogP contribution in [0.2, 0.25) is 0 Å². The molecule has 164 valence electrons. The number of benzene rings is 2. The van der Waals surface area contributed by atoms with Crippen molar-refractivity contribution in [1.29, 1.82) is 0 Å². The fraction of sp³-hybridized carbons (Fsp3) is 0.231. The average molecular weight is 446 g/mol. The van der Waals surface area contributed by atoms with E-state index in [9.17, 15) is 0 Å². The SMILES string of the molecule is COc1ccc(OC)c(-c2csc(=Nc3cc(C)cc(C)c3)n2CCc2ccccn2)c1. The summed E-state index contributed by atoms with van der Waals surface area (Å²) in [5.41, 5.74) is 6.44. The molecule has 0 amide bonds. The van der Waals surface area contributed by atoms with E-state index < -0.39 is 0 Å². The predicted octanol–water partition coefficient (Wildman–Crippen LogP) is 5.72. The van der Waals surface area contributed by atoms with E-state index in [1.54, 1.807) is 25.6 Å². The number of nitrogens with zero attached hydrogens (tertiary/aromatic N) is 3. The van der Waals surface area contributed by atoms with Crippen molar-refractivity contribution in [1.82, 2.24) is 9.55 Å². The maximum absolute atomic E-state index is 5.67. The maximum atomic E-state index is 5.67. The lowest BCUT2D eigenvalue weighted by molar-refractivity contribution is 0.404. The highest BCUT2D eigenvalue weighted by Crippen LogP contribution is 2.34. The minimum absolute atomic E-state index is 0.750. The van der Waals surface area contributed by atoms with Crippen LogP contribution in [0, 0.1) is 13.8 Å². The van der Waals surface area contributed by atoms with Crippen molar-refractivity contribution in [2.24, 2.45) is 4.99 Å². The van der Waals surface area contributed by atoms with Crippen molar-refractivity contribution >= 4 is 17.0 Å². The third-order valence-corrected chi connectivity index (χ3v) is 6.09. The summed E-state index contributed by atoms with van der Waals surface area (Å²) in [6.07, 6.45) is 2.64. The van der Waals surface area contributed by atoms with E-state index in [-0.39, 0.29) is 0 Å². The minimum Gasteiger partial charge on any atom is -0.497 e. The molecule has 6 heteroatoms. The van der Waals surface area contributed by atoms with Crippen molar-refractivity contribution in [2.45, 2.75) is 26.8 Å². The Bertz CT molecular complexity index is 1260. The Morgan fingerprint density at radius 3 is 2.47 bits per heavy atom. The molecule has 0 fully saturated rings. The topological polar surface area (TPSA) is 48.6 Å². The van der Waals surface area contributed by atoms with Gasteiger partial charge in [-0.15, -0.1) is 11.3 Å². The summed E-state index contributed by atoms with van der Waals surface area (Å²) < 4.78 is 13.4. The van der Waals surface area contributed by atoms with Gasteiger partial charge in [-0.25, -0.2) is 4.99 Å². The molecule has 4 rings (SSSR count). The molecule has 0 unspecified atom stereocenters. The first-order valence-corrected chi connectivity index (χ1v) is 11.4. The van der Waals surface area contributed by atoms with E-state index in [0.717, 1.165) is 51.9 Å². The highest BCUT2D eigenvalue weighted by atomic mass is 32.1. The van der Waals surface area contributed by atoms with E-state index >= 15 is 0 Å². The molecule has 0 saturated heterocycles. The summed E-state index contributed by atoms with van der Waals surface area (Å²) in [5, 5.41) is 2.14. The lowest BCUT2D eigenvalue weighted by atomic mass is 10.1. The molecular formula is C26H27N3O2S. The van der Waals surface area contributed by atoms with Gasteiger partial charge in [0.05, 0.1) is 25.6 Å². The van der Waals surface area contributed by atoms with Crippen LogP contribution in [0.15, 0.2) is 71.2 Å². The van der Waals surface area contributed by atoms with Crippen LogP contribution in [0.5, 0.6) is 11.5 Å². The number of aryl methyl sites for hydroxylation is 3. The molecule has 0 atom stereocenters. The van der Waals surface area contributed by atoms with E-state index in [1.165, 1.54) is 11.1 Å². The second kappa shape index (κ2) is 9.83. The molecule has 0 saturated carbocycles. The van der Waals surface area contributed by atoms with Gasteiger partial charge in [-0.05, 0) is 67.4 Å². The zero-order valence-electron chi connectivity index (χ0n) is 18.8. The first kappa shape index (κ1) is 21.8. The van der Waals surface area contributed by atoms with Gasteiger partial charge in [0.1, 0.15) is 11.5 Å². The molecule has 0 aliphatic heterocycles. The first-order valence-electron chi connectivity index (χ1n) is 10.5. The summed E-state index contributed by atoms with van der Waals surface area (Å²) in [4.78, 5) is 10.4. The van der Waals surface area contributed by atoms with Gasteiger partial charge in [0.2, 0.25) is 0 Å². The number of methoxy groups -OCH3 is 2. The van der Waals surface area contributed by atoms with Crippen LogP contribution in [0.3, 0.4) is 0 Å². The predicted molar refractivity (Wildman–Crippen MR) is 130 cm³/mol. The Kier molecular flexibility index (Phi) is 6.71. The van der Waals surface area contributed by atoms with Crippen molar-refractivity contribution in [3.63, 3.8) is 0 Å². The van der Waals surface area contributed by atoms with Crippen LogP contribution in [-0.4, -0.2) is 23.8 Å². The summed E-state index contributed by atoms with van der Waals surface area (Å²) in [6.45, 7) is 4.95.